The predicted molar refractivity (Wildman–Crippen MR) is 160 cm³/mol. The molecule has 0 radical (unpaired) electrons. The third kappa shape index (κ3) is 8.68. The van der Waals surface area contributed by atoms with Crippen LogP contribution >= 0.6 is 0 Å². The zero-order valence-electron chi connectivity index (χ0n) is 25.8. The molecule has 11 heteroatoms. The van der Waals surface area contributed by atoms with Crippen LogP contribution in [0.1, 0.15) is 72.6 Å². The Labute approximate surface area is 254 Å². The number of hydrogen-bond acceptors (Lipinski definition) is 7. The number of epoxide rings is 1. The molecule has 0 aromatic rings. The van der Waals surface area contributed by atoms with Crippen molar-refractivity contribution in [3.63, 3.8) is 0 Å². The number of amides is 3. The van der Waals surface area contributed by atoms with E-state index in [-0.39, 0.29) is 54.6 Å². The van der Waals surface area contributed by atoms with Gasteiger partial charge in [-0.2, -0.15) is 0 Å². The average Bonchev–Trinajstić information content (AvgIpc) is 3.73. The number of nitrogens with two attached hydrogens (primary N) is 1. The highest BCUT2D eigenvalue weighted by atomic mass is 16.6. The highest BCUT2D eigenvalue weighted by Crippen LogP contribution is 2.43. The molecule has 4 saturated heterocycles. The van der Waals surface area contributed by atoms with Crippen LogP contribution in [0.4, 0.5) is 4.79 Å². The van der Waals surface area contributed by atoms with Gasteiger partial charge in [0.1, 0.15) is 17.8 Å². The molecule has 4 aliphatic heterocycles. The van der Waals surface area contributed by atoms with Crippen LogP contribution in [0, 0.1) is 11.8 Å². The molecule has 0 aromatic carbocycles. The second-order valence-electron chi connectivity index (χ2n) is 12.9. The van der Waals surface area contributed by atoms with Crippen molar-refractivity contribution < 1.29 is 38.8 Å². The van der Waals surface area contributed by atoms with Crippen molar-refractivity contribution >= 4 is 17.9 Å². The first-order valence-electron chi connectivity index (χ1n) is 15.6. The fourth-order valence-electron chi connectivity index (χ4n) is 6.70. The number of rotatable bonds is 10. The van der Waals surface area contributed by atoms with Crippen molar-refractivity contribution in [3.8, 4) is 0 Å². The first-order chi connectivity index (χ1) is 20.4. The Morgan fingerprint density at radius 1 is 1.19 bits per heavy atom. The van der Waals surface area contributed by atoms with E-state index < -0.39 is 29.8 Å². The lowest BCUT2D eigenvalue weighted by molar-refractivity contribution is -0.143. The Kier molecular flexibility index (Phi) is 11.1. The maximum absolute atomic E-state index is 12.7. The highest BCUT2D eigenvalue weighted by Gasteiger charge is 2.58. The van der Waals surface area contributed by atoms with Gasteiger partial charge in [0.25, 0.3) is 0 Å². The number of nitrogens with zero attached hydrogens (tertiary/aromatic N) is 1. The first kappa shape index (κ1) is 33.2. The lowest BCUT2D eigenvalue weighted by Crippen LogP contribution is -2.50. The second-order valence-corrected chi connectivity index (χ2v) is 12.9. The van der Waals surface area contributed by atoms with Crippen LogP contribution in [-0.4, -0.2) is 94.4 Å². The Morgan fingerprint density at radius 2 is 1.93 bits per heavy atom. The summed E-state index contributed by atoms with van der Waals surface area (Å²) < 4.78 is 17.8. The maximum atomic E-state index is 12.7. The van der Waals surface area contributed by atoms with E-state index in [1.807, 2.05) is 39.0 Å². The number of carboxylic acid groups (broad SMARTS) is 1. The van der Waals surface area contributed by atoms with Crippen LogP contribution in [0.25, 0.3) is 0 Å². The zero-order chi connectivity index (χ0) is 31.3. The summed E-state index contributed by atoms with van der Waals surface area (Å²) >= 11 is 0. The van der Waals surface area contributed by atoms with Gasteiger partial charge in [0.2, 0.25) is 11.8 Å². The minimum absolute atomic E-state index is 0.00466. The largest absolute Gasteiger partial charge is 0.465 e. The van der Waals surface area contributed by atoms with Gasteiger partial charge in [0, 0.05) is 19.0 Å². The molecule has 1 spiro atoms. The number of piperidine rings is 1. The van der Waals surface area contributed by atoms with Gasteiger partial charge in [0.15, 0.2) is 0 Å². The molecular formula is C32H49N3O8. The molecule has 4 heterocycles. The Bertz CT molecular complexity index is 1100. The van der Waals surface area contributed by atoms with E-state index in [0.717, 1.165) is 31.3 Å². The fraction of sp³-hybridized carbons (Fsp3) is 0.719. The van der Waals surface area contributed by atoms with Gasteiger partial charge in [0.05, 0.1) is 37.4 Å². The Morgan fingerprint density at radius 3 is 2.60 bits per heavy atom. The number of carbonyl (C=O) groups excluding carboxylic acids is 2. The molecule has 4 aliphatic rings. The summed E-state index contributed by atoms with van der Waals surface area (Å²) in [6, 6.07) is -0.230. The summed E-state index contributed by atoms with van der Waals surface area (Å²) in [5.41, 5.74) is 5.70. The van der Waals surface area contributed by atoms with E-state index in [9.17, 15) is 24.6 Å². The van der Waals surface area contributed by atoms with Crippen molar-refractivity contribution in [2.24, 2.45) is 17.6 Å². The normalized spacial score (nSPS) is 37.5. The second kappa shape index (κ2) is 14.4. The van der Waals surface area contributed by atoms with E-state index in [2.05, 4.69) is 18.3 Å². The minimum atomic E-state index is -0.902. The summed E-state index contributed by atoms with van der Waals surface area (Å²) in [6.45, 7) is 9.02. The van der Waals surface area contributed by atoms with Crippen molar-refractivity contribution in [2.45, 2.75) is 121 Å². The number of ether oxygens (including phenoxy) is 3. The van der Waals surface area contributed by atoms with E-state index in [1.54, 1.807) is 0 Å². The lowest BCUT2D eigenvalue weighted by Gasteiger charge is -2.39. The van der Waals surface area contributed by atoms with Gasteiger partial charge in [-0.15, -0.1) is 0 Å². The number of nitrogens with one attached hydrogen (secondary N) is 1. The number of aliphatic hydroxyl groups excluding tert-OH is 1. The standard InChI is InChI=1S/C32H49N3O8/c1-19(9-12-27-30(38)32(18-41-32)17-23(43-27)16-28(33)36)8-11-26-21(3)15-24(22(4)42-26)34-29(37)13-10-20(2)25-7-5-6-14-35(25)31(39)40/h8-10,12-13,20-27,30,38H,5-7,11,14-18H2,1-4H3,(H2,33,36)(H,34,37)(H,39,40)/b12-9+,13-10+,19-8+/t20?,21-,22+,23+,24+,25-,26-,27+,30+,32+/m0/s1. The first-order valence-corrected chi connectivity index (χ1v) is 15.6. The quantitative estimate of drug-likeness (QED) is 0.168. The molecule has 0 aliphatic carbocycles. The molecule has 4 rings (SSSR count). The molecule has 43 heavy (non-hydrogen) atoms. The summed E-state index contributed by atoms with van der Waals surface area (Å²) in [7, 11) is 0. The van der Waals surface area contributed by atoms with E-state index >= 15 is 0 Å². The smallest absolute Gasteiger partial charge is 0.407 e. The number of likely N-dealkylation sites (tertiary alicyclic amines) is 1. The maximum Gasteiger partial charge on any atom is 0.407 e. The van der Waals surface area contributed by atoms with Crippen molar-refractivity contribution in [2.75, 3.05) is 13.2 Å². The van der Waals surface area contributed by atoms with Gasteiger partial charge in [-0.1, -0.05) is 43.7 Å². The molecule has 240 valence electrons. The zero-order valence-corrected chi connectivity index (χ0v) is 25.8. The number of allylic oxidation sites excluding steroid dienone is 2. The Hall–Kier alpha value is -2.73. The Balaban J connectivity index is 1.25. The van der Waals surface area contributed by atoms with Gasteiger partial charge >= 0.3 is 6.09 Å². The molecule has 0 aromatic heterocycles. The predicted octanol–water partition coefficient (Wildman–Crippen LogP) is 3.06. The van der Waals surface area contributed by atoms with Crippen LogP contribution < -0.4 is 11.1 Å². The van der Waals surface area contributed by atoms with Crippen molar-refractivity contribution in [1.82, 2.24) is 10.2 Å². The minimum Gasteiger partial charge on any atom is -0.465 e. The van der Waals surface area contributed by atoms with Crippen LogP contribution in [-0.2, 0) is 23.8 Å². The number of aliphatic hydroxyl groups is 1. The summed E-state index contributed by atoms with van der Waals surface area (Å²) in [5, 5.41) is 23.3. The summed E-state index contributed by atoms with van der Waals surface area (Å²) in [5.74, 6) is -0.473. The van der Waals surface area contributed by atoms with E-state index in [0.29, 0.717) is 26.0 Å². The topological polar surface area (TPSA) is 164 Å². The molecule has 10 atom stereocenters. The molecule has 0 bridgehead atoms. The average molecular weight is 604 g/mol. The van der Waals surface area contributed by atoms with Gasteiger partial charge in [-0.25, -0.2) is 4.79 Å². The lowest BCUT2D eigenvalue weighted by atomic mass is 9.87. The van der Waals surface area contributed by atoms with Gasteiger partial charge in [-0.3, -0.25) is 9.59 Å². The van der Waals surface area contributed by atoms with E-state index in [1.165, 1.54) is 11.0 Å². The molecule has 1 unspecified atom stereocenters. The molecule has 3 amide bonds. The van der Waals surface area contributed by atoms with Crippen molar-refractivity contribution in [1.29, 1.82) is 0 Å². The van der Waals surface area contributed by atoms with Gasteiger partial charge < -0.3 is 40.4 Å². The fourth-order valence-corrected chi connectivity index (χ4v) is 6.70. The molecule has 4 fully saturated rings. The highest BCUT2D eigenvalue weighted by molar-refractivity contribution is 5.87. The molecular weight excluding hydrogens is 554 g/mol. The number of carbonyl (C=O) groups is 3. The SMILES string of the molecule is CC(/C=C/[C@H]1O[C@H](CC(N)=O)C[C@@]2(CO2)[C@@H]1O)=C\C[C@@H]1O[C@H](C)[C@H](NC(=O)/C=C/C(C)[C@@H]2CCCCN2C(=O)O)C[C@@H]1C. The third-order valence-corrected chi connectivity index (χ3v) is 9.44. The molecule has 5 N–H and O–H groups in total. The van der Waals surface area contributed by atoms with Crippen LogP contribution in [0.15, 0.2) is 36.0 Å². The van der Waals surface area contributed by atoms with Crippen LogP contribution in [0.5, 0.6) is 0 Å². The monoisotopic (exact) mass is 603 g/mol. The number of primary amides is 1. The third-order valence-electron chi connectivity index (χ3n) is 9.44. The number of hydrogen-bond donors (Lipinski definition) is 4. The van der Waals surface area contributed by atoms with Crippen LogP contribution in [0.2, 0.25) is 0 Å². The molecule has 11 nitrogen and oxygen atoms in total. The summed E-state index contributed by atoms with van der Waals surface area (Å²) in [4.78, 5) is 37.2. The van der Waals surface area contributed by atoms with E-state index in [4.69, 9.17) is 19.9 Å². The van der Waals surface area contributed by atoms with Crippen molar-refractivity contribution in [3.05, 3.63) is 36.0 Å². The van der Waals surface area contributed by atoms with Crippen LogP contribution in [0.3, 0.4) is 0 Å². The molecule has 0 saturated carbocycles. The van der Waals surface area contributed by atoms with Gasteiger partial charge in [-0.05, 0) is 63.9 Å². The summed E-state index contributed by atoms with van der Waals surface area (Å²) in [6.07, 6.45) is 11.0.